The van der Waals surface area contributed by atoms with Crippen LogP contribution in [0, 0.1) is 0 Å². The van der Waals surface area contributed by atoms with Crippen LogP contribution >= 0.6 is 11.3 Å². The van der Waals surface area contributed by atoms with E-state index in [9.17, 15) is 18.3 Å². The second-order valence-electron chi connectivity index (χ2n) is 8.59. The minimum atomic E-state index is -4.04. The van der Waals surface area contributed by atoms with Gasteiger partial charge in [0.2, 0.25) is 11.8 Å². The van der Waals surface area contributed by atoms with E-state index in [4.69, 9.17) is 4.74 Å². The molecule has 9 heteroatoms. The van der Waals surface area contributed by atoms with E-state index in [1.807, 2.05) is 12.1 Å². The summed E-state index contributed by atoms with van der Waals surface area (Å²) < 4.78 is 33.1. The molecule has 0 unspecified atom stereocenters. The van der Waals surface area contributed by atoms with Crippen molar-refractivity contribution in [3.8, 4) is 17.0 Å². The van der Waals surface area contributed by atoms with Gasteiger partial charge in [0, 0.05) is 12.3 Å². The first-order valence-corrected chi connectivity index (χ1v) is 13.0. The van der Waals surface area contributed by atoms with E-state index in [0.29, 0.717) is 11.4 Å². The molecule has 0 spiro atoms. The molecule has 4 rings (SSSR count). The molecule has 2 heterocycles. The predicted octanol–water partition coefficient (Wildman–Crippen LogP) is 3.58. The third-order valence-corrected chi connectivity index (χ3v) is 8.60. The smallest absolute Gasteiger partial charge is 0.273 e. The number of carbonyl (C=O) groups is 1. The average Bonchev–Trinajstić information content (AvgIpc) is 3.43. The molecule has 1 aliphatic carbocycles. The quantitative estimate of drug-likeness (QED) is 0.529. The molecule has 1 aromatic carbocycles. The first-order valence-electron chi connectivity index (χ1n) is 10.6. The molecule has 2 N–H and O–H groups in total. The molecule has 2 aromatic heterocycles. The lowest BCUT2D eigenvalue weighted by Crippen LogP contribution is -2.31. The highest BCUT2D eigenvalue weighted by Gasteiger charge is 2.26. The van der Waals surface area contributed by atoms with Gasteiger partial charge in [0.1, 0.15) is 4.21 Å². The number of carbonyl (C=O) groups excluding carboxylic acids is 1. The zero-order valence-electron chi connectivity index (χ0n) is 18.7. The van der Waals surface area contributed by atoms with Crippen LogP contribution in [0.15, 0.2) is 46.1 Å². The van der Waals surface area contributed by atoms with Gasteiger partial charge < -0.3 is 9.84 Å². The van der Waals surface area contributed by atoms with E-state index < -0.39 is 21.5 Å². The molecule has 1 aliphatic rings. The molecule has 0 aliphatic heterocycles. The zero-order chi connectivity index (χ0) is 23.8. The van der Waals surface area contributed by atoms with Crippen molar-refractivity contribution in [2.24, 2.45) is 0 Å². The van der Waals surface area contributed by atoms with Crippen molar-refractivity contribution in [1.82, 2.24) is 9.71 Å². The summed E-state index contributed by atoms with van der Waals surface area (Å²) in [5, 5.41) is 11.7. The monoisotopic (exact) mass is 486 g/mol. The number of methoxy groups -OCH3 is 1. The summed E-state index contributed by atoms with van der Waals surface area (Å²) in [6.45, 7) is 3.16. The predicted molar refractivity (Wildman–Crippen MR) is 127 cm³/mol. The second-order valence-corrected chi connectivity index (χ2v) is 11.4. The Bertz CT molecular complexity index is 1310. The van der Waals surface area contributed by atoms with Gasteiger partial charge in [0.05, 0.1) is 19.1 Å². The number of aliphatic hydroxyl groups is 1. The second kappa shape index (κ2) is 8.89. The highest BCUT2D eigenvalue weighted by atomic mass is 32.2. The lowest BCUT2D eigenvalue weighted by Gasteiger charge is -2.16. The molecule has 174 valence electrons. The third-order valence-electron chi connectivity index (χ3n) is 5.79. The van der Waals surface area contributed by atoms with Crippen LogP contribution in [-0.4, -0.2) is 31.5 Å². The van der Waals surface area contributed by atoms with Gasteiger partial charge in [-0.2, -0.15) is 0 Å². The number of aryl methyl sites for hydroxylation is 1. The van der Waals surface area contributed by atoms with Gasteiger partial charge in [-0.3, -0.25) is 4.79 Å². The van der Waals surface area contributed by atoms with Crippen molar-refractivity contribution < 1.29 is 23.1 Å². The molecule has 33 heavy (non-hydrogen) atoms. The number of ether oxygens (including phenoxy) is 1. The van der Waals surface area contributed by atoms with Crippen LogP contribution in [0.25, 0.3) is 11.1 Å². The van der Waals surface area contributed by atoms with Crippen molar-refractivity contribution in [2.75, 3.05) is 7.11 Å². The zero-order valence-corrected chi connectivity index (χ0v) is 20.3. The maximum atomic E-state index is 12.9. The summed E-state index contributed by atoms with van der Waals surface area (Å²) in [4.78, 5) is 17.1. The first kappa shape index (κ1) is 23.4. The number of pyridine rings is 1. The average molecular weight is 487 g/mol. The Morgan fingerprint density at radius 2 is 2.03 bits per heavy atom. The number of thiophene rings is 1. The lowest BCUT2D eigenvalue weighted by molar-refractivity contribution is -0.118. The van der Waals surface area contributed by atoms with Gasteiger partial charge >= 0.3 is 0 Å². The Labute approximate surface area is 197 Å². The Hall–Kier alpha value is -2.75. The van der Waals surface area contributed by atoms with Crippen LogP contribution < -0.4 is 9.46 Å². The fraction of sp³-hybridized carbons (Fsp3) is 0.333. The van der Waals surface area contributed by atoms with Crippen molar-refractivity contribution in [3.63, 3.8) is 0 Å². The molecule has 0 radical (unpaired) electrons. The van der Waals surface area contributed by atoms with E-state index >= 15 is 0 Å². The van der Waals surface area contributed by atoms with E-state index in [1.165, 1.54) is 11.6 Å². The van der Waals surface area contributed by atoms with Crippen LogP contribution in [0.1, 0.15) is 42.5 Å². The Morgan fingerprint density at radius 3 is 2.73 bits per heavy atom. The van der Waals surface area contributed by atoms with Crippen LogP contribution in [0.2, 0.25) is 0 Å². The summed E-state index contributed by atoms with van der Waals surface area (Å²) >= 11 is 0.972. The minimum absolute atomic E-state index is 0.00893. The fourth-order valence-electron chi connectivity index (χ4n) is 4.08. The van der Waals surface area contributed by atoms with E-state index in [2.05, 4.69) is 15.8 Å². The van der Waals surface area contributed by atoms with Crippen molar-refractivity contribution >= 4 is 27.3 Å². The van der Waals surface area contributed by atoms with Crippen LogP contribution in [0.5, 0.6) is 5.88 Å². The van der Waals surface area contributed by atoms with Crippen molar-refractivity contribution in [3.05, 3.63) is 64.2 Å². The maximum Gasteiger partial charge on any atom is 0.273 e. The minimum Gasteiger partial charge on any atom is -0.481 e. The van der Waals surface area contributed by atoms with Gasteiger partial charge in [0.15, 0.2) is 0 Å². The van der Waals surface area contributed by atoms with Gasteiger partial charge in [-0.05, 0) is 84.0 Å². The van der Waals surface area contributed by atoms with Crippen LogP contribution in [0.4, 0.5) is 0 Å². The Kier molecular flexibility index (Phi) is 6.30. The molecule has 1 amide bonds. The number of fused-ring (bicyclic) bond motifs is 1. The molecular weight excluding hydrogens is 460 g/mol. The molecule has 3 aromatic rings. The lowest BCUT2D eigenvalue weighted by atomic mass is 9.91. The molecule has 0 fully saturated rings. The summed E-state index contributed by atoms with van der Waals surface area (Å²) in [6.07, 6.45) is 4.37. The largest absolute Gasteiger partial charge is 0.481 e. The van der Waals surface area contributed by atoms with Crippen LogP contribution in [0.3, 0.4) is 0 Å². The number of hydrogen-bond donors (Lipinski definition) is 2. The van der Waals surface area contributed by atoms with Gasteiger partial charge in [-0.1, -0.05) is 12.1 Å². The number of hydrogen-bond acceptors (Lipinski definition) is 7. The number of amides is 1. The molecule has 7 nitrogen and oxygen atoms in total. The number of nitrogens with one attached hydrogen (secondary N) is 1. The SMILES string of the molecule is COc1cc(-c2ccc3c(c2CC(=O)NS(=O)(=O)c2cc(C(C)(C)O)cs2)CCC3)ccn1. The number of benzene rings is 1. The molecule has 0 bridgehead atoms. The van der Waals surface area contributed by atoms with E-state index in [-0.39, 0.29) is 10.6 Å². The Morgan fingerprint density at radius 1 is 1.24 bits per heavy atom. The highest BCUT2D eigenvalue weighted by molar-refractivity contribution is 7.92. The highest BCUT2D eigenvalue weighted by Crippen LogP contribution is 2.35. The van der Waals surface area contributed by atoms with Crippen molar-refractivity contribution in [2.45, 2.75) is 49.3 Å². The summed E-state index contributed by atoms with van der Waals surface area (Å²) in [5.74, 6) is -0.137. The number of nitrogens with zero attached hydrogens (tertiary/aromatic N) is 1. The number of sulfonamides is 1. The standard InChI is InChI=1S/C24H26N2O5S2/c1-24(2,28)17-12-23(32-14-17)33(29,30)26-21(27)13-20-18-6-4-5-15(18)7-8-19(20)16-9-10-25-22(11-16)31-3/h7-12,14,28H,4-6,13H2,1-3H3,(H,26,27). The number of aromatic nitrogens is 1. The fourth-order valence-corrected chi connectivity index (χ4v) is 6.40. The van der Waals surface area contributed by atoms with Crippen LogP contribution in [-0.2, 0) is 39.7 Å². The van der Waals surface area contributed by atoms with Crippen molar-refractivity contribution in [1.29, 1.82) is 0 Å². The molecule has 0 atom stereocenters. The van der Waals surface area contributed by atoms with Gasteiger partial charge in [-0.25, -0.2) is 18.1 Å². The first-order chi connectivity index (χ1) is 15.6. The van der Waals surface area contributed by atoms with E-state index in [1.54, 1.807) is 38.6 Å². The molecule has 0 saturated heterocycles. The topological polar surface area (TPSA) is 106 Å². The number of rotatable bonds is 7. The third kappa shape index (κ3) is 4.95. The van der Waals surface area contributed by atoms with Gasteiger partial charge in [0.25, 0.3) is 10.0 Å². The maximum absolute atomic E-state index is 12.9. The molecule has 0 saturated carbocycles. The van der Waals surface area contributed by atoms with E-state index in [0.717, 1.165) is 52.9 Å². The normalized spacial score (nSPS) is 13.6. The Balaban J connectivity index is 1.64. The summed E-state index contributed by atoms with van der Waals surface area (Å²) in [5.41, 5.74) is 4.16. The summed E-state index contributed by atoms with van der Waals surface area (Å²) in [6, 6.07) is 9.10. The molecular formula is C24H26N2O5S2. The summed E-state index contributed by atoms with van der Waals surface area (Å²) in [7, 11) is -2.50. The van der Waals surface area contributed by atoms with Gasteiger partial charge in [-0.15, -0.1) is 11.3 Å².